The van der Waals surface area contributed by atoms with Crippen LogP contribution in [0.1, 0.15) is 17.2 Å². The molecule has 4 nitrogen and oxygen atoms in total. The zero-order valence-electron chi connectivity index (χ0n) is 15.6. The first-order chi connectivity index (χ1) is 14.6. The van der Waals surface area contributed by atoms with Crippen LogP contribution in [0.15, 0.2) is 83.3 Å². The molecule has 0 bridgehead atoms. The summed E-state index contributed by atoms with van der Waals surface area (Å²) in [5, 5.41) is 3.39. The number of aromatic nitrogens is 2. The SMILES string of the molecule is FC(F)Oc1ccccc1[C@@H]1C=C(c2cccc(Br)c2)Nc2nc3ccccc3n21. The summed E-state index contributed by atoms with van der Waals surface area (Å²) in [6.45, 7) is -2.90. The molecule has 0 radical (unpaired) electrons. The van der Waals surface area contributed by atoms with E-state index in [1.807, 2.05) is 65.2 Å². The second-order valence-corrected chi connectivity index (χ2v) is 7.79. The number of benzene rings is 3. The Morgan fingerprint density at radius 2 is 1.80 bits per heavy atom. The molecule has 0 saturated heterocycles. The topological polar surface area (TPSA) is 39.1 Å². The fraction of sp³-hybridized carbons (Fsp3) is 0.0870. The summed E-state index contributed by atoms with van der Waals surface area (Å²) in [5.41, 5.74) is 4.16. The summed E-state index contributed by atoms with van der Waals surface area (Å²) >= 11 is 3.51. The maximum absolute atomic E-state index is 13.1. The first-order valence-corrected chi connectivity index (χ1v) is 10.1. The van der Waals surface area contributed by atoms with Gasteiger partial charge in [0.2, 0.25) is 5.95 Å². The van der Waals surface area contributed by atoms with Gasteiger partial charge in [-0.15, -0.1) is 0 Å². The molecule has 5 rings (SSSR count). The molecule has 1 aliphatic rings. The normalized spacial score (nSPS) is 15.6. The summed E-state index contributed by atoms with van der Waals surface area (Å²) in [5.74, 6) is 0.790. The van der Waals surface area contributed by atoms with Gasteiger partial charge in [-0.2, -0.15) is 8.78 Å². The van der Waals surface area contributed by atoms with Gasteiger partial charge in [0.1, 0.15) is 5.75 Å². The Balaban J connectivity index is 1.73. The molecule has 7 heteroatoms. The van der Waals surface area contributed by atoms with E-state index in [1.165, 1.54) is 0 Å². The van der Waals surface area contributed by atoms with Crippen LogP contribution >= 0.6 is 15.9 Å². The maximum atomic E-state index is 13.1. The predicted molar refractivity (Wildman–Crippen MR) is 117 cm³/mol. The molecule has 30 heavy (non-hydrogen) atoms. The van der Waals surface area contributed by atoms with E-state index in [-0.39, 0.29) is 11.8 Å². The van der Waals surface area contributed by atoms with Gasteiger partial charge >= 0.3 is 6.61 Å². The van der Waals surface area contributed by atoms with Crippen molar-refractivity contribution in [2.24, 2.45) is 0 Å². The molecule has 1 aromatic heterocycles. The van der Waals surface area contributed by atoms with Gasteiger partial charge in [-0.1, -0.05) is 58.4 Å². The molecule has 2 heterocycles. The average Bonchev–Trinajstić information content (AvgIpc) is 3.12. The van der Waals surface area contributed by atoms with Crippen LogP contribution in [0, 0.1) is 0 Å². The van der Waals surface area contributed by atoms with E-state index in [2.05, 4.69) is 21.2 Å². The number of nitrogens with one attached hydrogen (secondary N) is 1. The van der Waals surface area contributed by atoms with Crippen molar-refractivity contribution in [3.05, 3.63) is 94.5 Å². The molecule has 0 unspecified atom stereocenters. The van der Waals surface area contributed by atoms with E-state index in [9.17, 15) is 8.78 Å². The Bertz CT molecular complexity index is 1270. The number of alkyl halides is 2. The van der Waals surface area contributed by atoms with Gasteiger partial charge in [0.25, 0.3) is 0 Å². The summed E-state index contributed by atoms with van der Waals surface area (Å²) in [6, 6.07) is 22.1. The van der Waals surface area contributed by atoms with Gasteiger partial charge in [-0.3, -0.25) is 4.57 Å². The number of nitrogens with zero attached hydrogens (tertiary/aromatic N) is 2. The minimum Gasteiger partial charge on any atom is -0.434 e. The average molecular weight is 468 g/mol. The fourth-order valence-corrected chi connectivity index (χ4v) is 4.19. The number of rotatable bonds is 4. The lowest BCUT2D eigenvalue weighted by atomic mass is 10.00. The highest BCUT2D eigenvalue weighted by Gasteiger charge is 2.27. The lowest BCUT2D eigenvalue weighted by Crippen LogP contribution is -2.20. The molecule has 0 amide bonds. The zero-order chi connectivity index (χ0) is 20.7. The molecule has 0 fully saturated rings. The highest BCUT2D eigenvalue weighted by Crippen LogP contribution is 2.40. The van der Waals surface area contributed by atoms with Crippen molar-refractivity contribution in [1.29, 1.82) is 0 Å². The molecule has 3 aromatic carbocycles. The largest absolute Gasteiger partial charge is 0.434 e. The Kier molecular flexibility index (Phi) is 4.75. The summed E-state index contributed by atoms with van der Waals surface area (Å²) in [4.78, 5) is 4.73. The van der Waals surface area contributed by atoms with E-state index in [4.69, 9.17) is 9.72 Å². The molecular formula is C23H16BrF2N3O. The van der Waals surface area contributed by atoms with Crippen molar-refractivity contribution < 1.29 is 13.5 Å². The molecule has 0 aliphatic carbocycles. The van der Waals surface area contributed by atoms with Crippen molar-refractivity contribution in [2.45, 2.75) is 12.7 Å². The van der Waals surface area contributed by atoms with Crippen LogP contribution in [-0.2, 0) is 0 Å². The van der Waals surface area contributed by atoms with Crippen molar-refractivity contribution in [1.82, 2.24) is 9.55 Å². The lowest BCUT2D eigenvalue weighted by Gasteiger charge is -2.27. The van der Waals surface area contributed by atoms with Gasteiger partial charge in [0, 0.05) is 15.7 Å². The van der Waals surface area contributed by atoms with E-state index >= 15 is 0 Å². The van der Waals surface area contributed by atoms with Crippen LogP contribution in [0.25, 0.3) is 16.7 Å². The van der Waals surface area contributed by atoms with Crippen LogP contribution < -0.4 is 10.1 Å². The molecule has 150 valence electrons. The predicted octanol–water partition coefficient (Wildman–Crippen LogP) is 6.46. The number of halogens is 3. The highest BCUT2D eigenvalue weighted by atomic mass is 79.9. The standard InChI is InChI=1S/C23H16BrF2N3O/c24-15-7-5-6-14(12-15)18-13-20(16-8-1-4-11-21(16)30-22(25)26)29-19-10-3-2-9-17(19)27-23(29)28-18/h1-13,20,22H,(H,27,28)/t20-/m0/s1. The molecule has 4 aromatic rings. The second kappa shape index (κ2) is 7.57. The third-order valence-electron chi connectivity index (χ3n) is 5.03. The number of imidazole rings is 1. The van der Waals surface area contributed by atoms with Crippen LogP contribution in [0.4, 0.5) is 14.7 Å². The number of ether oxygens (including phenoxy) is 1. The first kappa shape index (κ1) is 18.8. The van der Waals surface area contributed by atoms with Crippen LogP contribution in [0.2, 0.25) is 0 Å². The summed E-state index contributed by atoms with van der Waals surface area (Å²) < 4.78 is 33.9. The number of hydrogen-bond acceptors (Lipinski definition) is 3. The number of allylic oxidation sites excluding steroid dienone is 1. The smallest absolute Gasteiger partial charge is 0.387 e. The highest BCUT2D eigenvalue weighted by molar-refractivity contribution is 9.10. The van der Waals surface area contributed by atoms with Gasteiger partial charge < -0.3 is 10.1 Å². The Morgan fingerprint density at radius 3 is 2.63 bits per heavy atom. The number of anilines is 1. The molecule has 0 saturated carbocycles. The Hall–Kier alpha value is -3.19. The van der Waals surface area contributed by atoms with Gasteiger partial charge in [-0.25, -0.2) is 4.98 Å². The molecular weight excluding hydrogens is 452 g/mol. The van der Waals surface area contributed by atoms with Crippen LogP contribution in [0.5, 0.6) is 5.75 Å². The third kappa shape index (κ3) is 3.35. The monoisotopic (exact) mass is 467 g/mol. The maximum Gasteiger partial charge on any atom is 0.387 e. The van der Waals surface area contributed by atoms with E-state index in [1.54, 1.807) is 18.2 Å². The third-order valence-corrected chi connectivity index (χ3v) is 5.53. The summed E-state index contributed by atoms with van der Waals surface area (Å²) in [7, 11) is 0. The van der Waals surface area contributed by atoms with Gasteiger partial charge in [0.05, 0.1) is 17.1 Å². The molecule has 1 N–H and O–H groups in total. The molecule has 1 aliphatic heterocycles. The minimum atomic E-state index is -2.90. The van der Waals surface area contributed by atoms with E-state index in [0.717, 1.165) is 26.8 Å². The number of hydrogen-bond donors (Lipinski definition) is 1. The number of fused-ring (bicyclic) bond motifs is 3. The van der Waals surface area contributed by atoms with Gasteiger partial charge in [0.15, 0.2) is 0 Å². The van der Waals surface area contributed by atoms with Crippen LogP contribution in [0.3, 0.4) is 0 Å². The fourth-order valence-electron chi connectivity index (χ4n) is 3.79. The quantitative estimate of drug-likeness (QED) is 0.374. The Labute approximate surface area is 179 Å². The van der Waals surface area contributed by atoms with E-state index < -0.39 is 6.61 Å². The second-order valence-electron chi connectivity index (χ2n) is 6.87. The Morgan fingerprint density at radius 1 is 1.00 bits per heavy atom. The summed E-state index contributed by atoms with van der Waals surface area (Å²) in [6.07, 6.45) is 2.01. The number of para-hydroxylation sites is 3. The molecule has 1 atom stereocenters. The molecule has 0 spiro atoms. The van der Waals surface area contributed by atoms with Crippen molar-refractivity contribution in [2.75, 3.05) is 5.32 Å². The first-order valence-electron chi connectivity index (χ1n) is 9.35. The van der Waals surface area contributed by atoms with Gasteiger partial charge in [-0.05, 0) is 42.0 Å². The van der Waals surface area contributed by atoms with Crippen molar-refractivity contribution in [3.8, 4) is 5.75 Å². The van der Waals surface area contributed by atoms with Crippen molar-refractivity contribution in [3.63, 3.8) is 0 Å². The van der Waals surface area contributed by atoms with Crippen molar-refractivity contribution >= 4 is 38.6 Å². The van der Waals surface area contributed by atoms with E-state index in [0.29, 0.717) is 11.5 Å². The zero-order valence-corrected chi connectivity index (χ0v) is 17.2. The minimum absolute atomic E-state index is 0.146. The van der Waals surface area contributed by atoms with Crippen LogP contribution in [-0.4, -0.2) is 16.2 Å². The lowest BCUT2D eigenvalue weighted by molar-refractivity contribution is -0.0505.